The number of aromatic nitrogens is 4. The summed E-state index contributed by atoms with van der Waals surface area (Å²) in [6.07, 6.45) is 5.58. The molecule has 2 N–H and O–H groups in total. The zero-order valence-corrected chi connectivity index (χ0v) is 9.54. The van der Waals surface area contributed by atoms with E-state index in [1.807, 2.05) is 0 Å². The van der Waals surface area contributed by atoms with Gasteiger partial charge in [0, 0.05) is 12.4 Å². The summed E-state index contributed by atoms with van der Waals surface area (Å²) in [5, 5.41) is 13.0. The number of nitrogens with one attached hydrogen (secondary N) is 1. The van der Waals surface area contributed by atoms with Crippen LogP contribution in [-0.4, -0.2) is 31.2 Å². The highest BCUT2D eigenvalue weighted by Gasteiger charge is 2.37. The number of hydrogen-bond acceptors (Lipinski definition) is 5. The van der Waals surface area contributed by atoms with Crippen LogP contribution in [-0.2, 0) is 4.79 Å². The Morgan fingerprint density at radius 3 is 3.11 bits per heavy atom. The molecule has 1 saturated carbocycles. The summed E-state index contributed by atoms with van der Waals surface area (Å²) in [5.74, 6) is -0.115. The monoisotopic (exact) mass is 248 g/mol. The molecule has 2 unspecified atom stereocenters. The molecule has 2 heterocycles. The van der Waals surface area contributed by atoms with Crippen molar-refractivity contribution in [3.05, 3.63) is 18.3 Å². The van der Waals surface area contributed by atoms with Gasteiger partial charge in [-0.3, -0.25) is 4.79 Å². The molecule has 94 valence electrons. The Balaban J connectivity index is 1.87. The normalized spacial score (nSPS) is 23.3. The summed E-state index contributed by atoms with van der Waals surface area (Å²) in [6.45, 7) is 0. The third kappa shape index (κ3) is 1.77. The van der Waals surface area contributed by atoms with Gasteiger partial charge in [-0.25, -0.2) is 4.98 Å². The minimum absolute atomic E-state index is 0.182. The smallest absolute Gasteiger partial charge is 0.307 e. The van der Waals surface area contributed by atoms with Gasteiger partial charge < -0.3 is 14.6 Å². The third-order valence-corrected chi connectivity index (χ3v) is 3.30. The van der Waals surface area contributed by atoms with Crippen LogP contribution in [0.2, 0.25) is 0 Å². The summed E-state index contributed by atoms with van der Waals surface area (Å²) in [6, 6.07) is 0. The topological polar surface area (TPSA) is 105 Å². The highest BCUT2D eigenvalue weighted by molar-refractivity contribution is 5.71. The molecule has 2 atom stereocenters. The van der Waals surface area contributed by atoms with E-state index < -0.39 is 11.9 Å². The van der Waals surface area contributed by atoms with Crippen molar-refractivity contribution in [2.75, 3.05) is 0 Å². The van der Waals surface area contributed by atoms with Gasteiger partial charge in [0.15, 0.2) is 5.82 Å². The largest absolute Gasteiger partial charge is 0.481 e. The van der Waals surface area contributed by atoms with E-state index in [2.05, 4.69) is 20.1 Å². The first kappa shape index (κ1) is 10.9. The average Bonchev–Trinajstić information content (AvgIpc) is 3.10. The molecule has 2 aromatic heterocycles. The van der Waals surface area contributed by atoms with Crippen molar-refractivity contribution in [3.8, 4) is 11.6 Å². The lowest BCUT2D eigenvalue weighted by Crippen LogP contribution is -2.17. The van der Waals surface area contributed by atoms with Crippen LogP contribution in [0.5, 0.6) is 0 Å². The molecule has 7 nitrogen and oxygen atoms in total. The van der Waals surface area contributed by atoms with Crippen LogP contribution in [0, 0.1) is 5.92 Å². The standard InChI is InChI=1S/C11H12N4O3/c16-11(17)7-3-1-2-6(7)10-14-9(15-18-10)8-12-4-5-13-8/h4-7H,1-3H2,(H,12,13)(H,16,17). The molecule has 0 radical (unpaired) electrons. The lowest BCUT2D eigenvalue weighted by atomic mass is 9.96. The second-order valence-electron chi connectivity index (χ2n) is 4.38. The van der Waals surface area contributed by atoms with E-state index >= 15 is 0 Å². The highest BCUT2D eigenvalue weighted by atomic mass is 16.5. The van der Waals surface area contributed by atoms with Gasteiger partial charge in [-0.15, -0.1) is 0 Å². The second kappa shape index (κ2) is 4.25. The molecule has 2 aromatic rings. The molecule has 18 heavy (non-hydrogen) atoms. The molecule has 1 aliphatic carbocycles. The number of imidazole rings is 1. The van der Waals surface area contributed by atoms with Gasteiger partial charge >= 0.3 is 5.97 Å². The Hall–Kier alpha value is -2.18. The number of nitrogens with zero attached hydrogens (tertiary/aromatic N) is 3. The summed E-state index contributed by atoms with van der Waals surface area (Å²) < 4.78 is 5.17. The number of rotatable bonds is 3. The third-order valence-electron chi connectivity index (χ3n) is 3.30. The quantitative estimate of drug-likeness (QED) is 0.851. The van der Waals surface area contributed by atoms with Crippen LogP contribution in [0.4, 0.5) is 0 Å². The van der Waals surface area contributed by atoms with Crippen molar-refractivity contribution in [1.29, 1.82) is 0 Å². The summed E-state index contributed by atoms with van der Waals surface area (Å²) in [5.41, 5.74) is 0. The maximum Gasteiger partial charge on any atom is 0.307 e. The summed E-state index contributed by atoms with van der Waals surface area (Å²) in [7, 11) is 0. The van der Waals surface area contributed by atoms with Crippen LogP contribution >= 0.6 is 0 Å². The lowest BCUT2D eigenvalue weighted by Gasteiger charge is -2.09. The van der Waals surface area contributed by atoms with Crippen LogP contribution in [0.15, 0.2) is 16.9 Å². The maximum atomic E-state index is 11.1. The number of carboxylic acid groups (broad SMARTS) is 1. The van der Waals surface area contributed by atoms with Crippen LogP contribution in [0.1, 0.15) is 31.1 Å². The van der Waals surface area contributed by atoms with E-state index in [0.29, 0.717) is 24.0 Å². The fraction of sp³-hybridized carbons (Fsp3) is 0.455. The molecule has 3 rings (SSSR count). The Morgan fingerprint density at radius 2 is 2.39 bits per heavy atom. The molecule has 0 saturated heterocycles. The van der Waals surface area contributed by atoms with Crippen molar-refractivity contribution in [1.82, 2.24) is 20.1 Å². The van der Waals surface area contributed by atoms with E-state index in [-0.39, 0.29) is 5.92 Å². The molecule has 0 amide bonds. The molecule has 0 aromatic carbocycles. The predicted octanol–water partition coefficient (Wildman–Crippen LogP) is 1.43. The van der Waals surface area contributed by atoms with Gasteiger partial charge in [0.25, 0.3) is 0 Å². The van der Waals surface area contributed by atoms with E-state index in [4.69, 9.17) is 9.63 Å². The van der Waals surface area contributed by atoms with Crippen molar-refractivity contribution in [3.63, 3.8) is 0 Å². The molecule has 0 bridgehead atoms. The van der Waals surface area contributed by atoms with Gasteiger partial charge in [-0.1, -0.05) is 11.6 Å². The number of H-pyrrole nitrogens is 1. The van der Waals surface area contributed by atoms with Crippen molar-refractivity contribution in [2.24, 2.45) is 5.92 Å². The number of hydrogen-bond donors (Lipinski definition) is 2. The fourth-order valence-corrected chi connectivity index (χ4v) is 2.42. The Kier molecular flexibility index (Phi) is 2.58. The molecule has 0 aliphatic heterocycles. The Bertz CT molecular complexity index is 548. The minimum atomic E-state index is -0.796. The zero-order valence-electron chi connectivity index (χ0n) is 9.54. The number of aromatic amines is 1. The minimum Gasteiger partial charge on any atom is -0.481 e. The second-order valence-corrected chi connectivity index (χ2v) is 4.38. The first-order valence-corrected chi connectivity index (χ1v) is 5.82. The van der Waals surface area contributed by atoms with Crippen LogP contribution < -0.4 is 0 Å². The van der Waals surface area contributed by atoms with Crippen molar-refractivity contribution < 1.29 is 14.4 Å². The fourth-order valence-electron chi connectivity index (χ4n) is 2.42. The average molecular weight is 248 g/mol. The van der Waals surface area contributed by atoms with Gasteiger partial charge in [-0.05, 0) is 12.8 Å². The molecule has 1 fully saturated rings. The first-order chi connectivity index (χ1) is 8.75. The van der Waals surface area contributed by atoms with E-state index in [1.54, 1.807) is 12.4 Å². The lowest BCUT2D eigenvalue weighted by molar-refractivity contribution is -0.142. The summed E-state index contributed by atoms with van der Waals surface area (Å²) >= 11 is 0. The van der Waals surface area contributed by atoms with Gasteiger partial charge in [0.1, 0.15) is 0 Å². The first-order valence-electron chi connectivity index (χ1n) is 5.82. The number of aliphatic carboxylic acids is 1. The maximum absolute atomic E-state index is 11.1. The van der Waals surface area contributed by atoms with Gasteiger partial charge in [-0.2, -0.15) is 4.98 Å². The Labute approximate surface area is 102 Å². The molecule has 7 heteroatoms. The Morgan fingerprint density at radius 1 is 1.50 bits per heavy atom. The zero-order chi connectivity index (χ0) is 12.5. The van der Waals surface area contributed by atoms with E-state index in [0.717, 1.165) is 12.8 Å². The summed E-state index contributed by atoms with van der Waals surface area (Å²) in [4.78, 5) is 22.2. The van der Waals surface area contributed by atoms with E-state index in [9.17, 15) is 4.79 Å². The number of carboxylic acids is 1. The van der Waals surface area contributed by atoms with Crippen molar-refractivity contribution >= 4 is 5.97 Å². The van der Waals surface area contributed by atoms with Gasteiger partial charge in [0.05, 0.1) is 11.8 Å². The van der Waals surface area contributed by atoms with Crippen LogP contribution in [0.3, 0.4) is 0 Å². The molecular weight excluding hydrogens is 236 g/mol. The van der Waals surface area contributed by atoms with Gasteiger partial charge in [0.2, 0.25) is 11.7 Å². The van der Waals surface area contributed by atoms with Crippen molar-refractivity contribution in [2.45, 2.75) is 25.2 Å². The molecule has 0 spiro atoms. The SMILES string of the molecule is O=C(O)C1CCCC1c1nc(-c2ncc[nH]2)no1. The number of carbonyl (C=O) groups is 1. The van der Waals surface area contributed by atoms with E-state index in [1.165, 1.54) is 0 Å². The molecule has 1 aliphatic rings. The van der Waals surface area contributed by atoms with Crippen LogP contribution in [0.25, 0.3) is 11.6 Å². The molecular formula is C11H12N4O3. The predicted molar refractivity (Wildman–Crippen MR) is 59.6 cm³/mol. The highest BCUT2D eigenvalue weighted by Crippen LogP contribution is 2.39.